The van der Waals surface area contributed by atoms with Gasteiger partial charge in [0.15, 0.2) is 0 Å². The van der Waals surface area contributed by atoms with Crippen LogP contribution in [-0.4, -0.2) is 75.9 Å². The van der Waals surface area contributed by atoms with Gasteiger partial charge in [0.05, 0.1) is 18.8 Å². The molecule has 0 radical (unpaired) electrons. The second kappa shape index (κ2) is 11.5. The highest BCUT2D eigenvalue weighted by atomic mass is 16.4. The maximum Gasteiger partial charge on any atom is 0.326 e. The Balaban J connectivity index is 5.15. The molecule has 11 nitrogen and oxygen atoms in total. The highest BCUT2D eigenvalue weighted by molar-refractivity contribution is 5.94. The van der Waals surface area contributed by atoms with E-state index in [-0.39, 0.29) is 5.92 Å². The monoisotopic (exact) mass is 390 g/mol. The average molecular weight is 390 g/mol. The van der Waals surface area contributed by atoms with Crippen LogP contribution in [0.4, 0.5) is 0 Å². The normalized spacial score (nSPS) is 17.6. The minimum Gasteiger partial charge on any atom is -0.480 e. The van der Waals surface area contributed by atoms with E-state index in [1.54, 1.807) is 13.8 Å². The van der Waals surface area contributed by atoms with Gasteiger partial charge >= 0.3 is 5.97 Å². The molecule has 0 aromatic heterocycles. The van der Waals surface area contributed by atoms with Crippen LogP contribution in [0.2, 0.25) is 0 Å². The Kier molecular flexibility index (Phi) is 10.5. The number of amides is 3. The molecule has 0 spiro atoms. The van der Waals surface area contributed by atoms with Crippen molar-refractivity contribution in [3.63, 3.8) is 0 Å². The molecule has 0 aliphatic carbocycles. The third kappa shape index (κ3) is 7.89. The number of carbonyl (C=O) groups is 4. The van der Waals surface area contributed by atoms with Crippen molar-refractivity contribution in [1.82, 2.24) is 16.0 Å². The molecule has 0 aromatic rings. The standard InChI is InChI=1S/C16H30N4O7/c1-5-7(2)11(16(26)27)19-14(24)10(6-21)18-15(25)12(9(4)22)20-13(23)8(3)17/h7-12,21-22H,5-6,17H2,1-4H3,(H,18,25)(H,19,24)(H,20,23)(H,26,27). The Labute approximate surface area is 157 Å². The van der Waals surface area contributed by atoms with Crippen molar-refractivity contribution >= 4 is 23.7 Å². The number of carbonyl (C=O) groups excluding carboxylic acids is 3. The topological polar surface area (TPSA) is 191 Å². The van der Waals surface area contributed by atoms with E-state index in [1.807, 2.05) is 0 Å². The van der Waals surface area contributed by atoms with Crippen molar-refractivity contribution < 1.29 is 34.5 Å². The van der Waals surface area contributed by atoms with E-state index in [1.165, 1.54) is 13.8 Å². The van der Waals surface area contributed by atoms with Crippen LogP contribution in [0.3, 0.4) is 0 Å². The number of hydrogen-bond acceptors (Lipinski definition) is 7. The molecular formula is C16H30N4O7. The average Bonchev–Trinajstić information content (AvgIpc) is 2.59. The van der Waals surface area contributed by atoms with Gasteiger partial charge in [-0.25, -0.2) is 4.79 Å². The predicted octanol–water partition coefficient (Wildman–Crippen LogP) is -2.71. The fourth-order valence-electron chi connectivity index (χ4n) is 2.08. The molecule has 6 atom stereocenters. The first-order chi connectivity index (χ1) is 12.5. The van der Waals surface area contributed by atoms with Crippen molar-refractivity contribution in [2.45, 2.75) is 64.4 Å². The van der Waals surface area contributed by atoms with Crippen LogP contribution in [0.25, 0.3) is 0 Å². The van der Waals surface area contributed by atoms with Gasteiger partial charge < -0.3 is 37.0 Å². The van der Waals surface area contributed by atoms with E-state index in [9.17, 15) is 34.5 Å². The quantitative estimate of drug-likeness (QED) is 0.198. The molecule has 3 amide bonds. The smallest absolute Gasteiger partial charge is 0.326 e. The second-order valence-corrected chi connectivity index (χ2v) is 6.47. The molecule has 0 aromatic carbocycles. The third-order valence-corrected chi connectivity index (χ3v) is 4.07. The summed E-state index contributed by atoms with van der Waals surface area (Å²) in [4.78, 5) is 47.5. The molecule has 0 aliphatic rings. The number of aliphatic carboxylic acids is 1. The van der Waals surface area contributed by atoms with Crippen LogP contribution in [0.1, 0.15) is 34.1 Å². The molecule has 0 saturated carbocycles. The fourth-order valence-corrected chi connectivity index (χ4v) is 2.08. The first-order valence-corrected chi connectivity index (χ1v) is 8.64. The van der Waals surface area contributed by atoms with Crippen LogP contribution in [0, 0.1) is 5.92 Å². The molecule has 11 heteroatoms. The van der Waals surface area contributed by atoms with Gasteiger partial charge in [0.2, 0.25) is 17.7 Å². The maximum atomic E-state index is 12.3. The Morgan fingerprint density at radius 3 is 1.81 bits per heavy atom. The summed E-state index contributed by atoms with van der Waals surface area (Å²) in [6.45, 7) is 5.23. The van der Waals surface area contributed by atoms with Gasteiger partial charge in [-0.2, -0.15) is 0 Å². The second-order valence-electron chi connectivity index (χ2n) is 6.47. The molecule has 156 valence electrons. The SMILES string of the molecule is CCC(C)C(NC(=O)C(CO)NC(=O)C(NC(=O)C(C)N)C(C)O)C(=O)O. The molecule has 8 N–H and O–H groups in total. The van der Waals surface area contributed by atoms with E-state index >= 15 is 0 Å². The van der Waals surface area contributed by atoms with Gasteiger partial charge in [0, 0.05) is 0 Å². The van der Waals surface area contributed by atoms with Crippen LogP contribution in [0.15, 0.2) is 0 Å². The Morgan fingerprint density at radius 1 is 0.926 bits per heavy atom. The number of rotatable bonds is 11. The molecule has 0 heterocycles. The lowest BCUT2D eigenvalue weighted by Crippen LogP contribution is -2.60. The molecule has 0 fully saturated rings. The fraction of sp³-hybridized carbons (Fsp3) is 0.750. The summed E-state index contributed by atoms with van der Waals surface area (Å²) in [6.07, 6.45) is -0.817. The Morgan fingerprint density at radius 2 is 1.44 bits per heavy atom. The van der Waals surface area contributed by atoms with Crippen molar-refractivity contribution in [3.8, 4) is 0 Å². The molecule has 0 bridgehead atoms. The lowest BCUT2D eigenvalue weighted by Gasteiger charge is -2.26. The highest BCUT2D eigenvalue weighted by Gasteiger charge is 2.32. The highest BCUT2D eigenvalue weighted by Crippen LogP contribution is 2.08. The summed E-state index contributed by atoms with van der Waals surface area (Å²) in [5.41, 5.74) is 5.40. The Hall–Kier alpha value is -2.24. The zero-order valence-electron chi connectivity index (χ0n) is 15.9. The number of carboxylic acids is 1. The van der Waals surface area contributed by atoms with Gasteiger partial charge in [-0.1, -0.05) is 20.3 Å². The van der Waals surface area contributed by atoms with Gasteiger partial charge in [0.25, 0.3) is 0 Å². The molecule has 0 rings (SSSR count). The molecule has 0 aliphatic heterocycles. The van der Waals surface area contributed by atoms with Crippen molar-refractivity contribution in [2.75, 3.05) is 6.61 Å². The van der Waals surface area contributed by atoms with E-state index in [2.05, 4.69) is 16.0 Å². The van der Waals surface area contributed by atoms with Crippen molar-refractivity contribution in [2.24, 2.45) is 11.7 Å². The van der Waals surface area contributed by atoms with E-state index in [0.29, 0.717) is 6.42 Å². The lowest BCUT2D eigenvalue weighted by molar-refractivity contribution is -0.144. The zero-order chi connectivity index (χ0) is 21.3. The minimum absolute atomic E-state index is 0.378. The summed E-state index contributed by atoms with van der Waals surface area (Å²) in [5.74, 6) is -4.14. The number of aliphatic hydroxyl groups is 2. The van der Waals surface area contributed by atoms with E-state index in [4.69, 9.17) is 5.73 Å². The lowest BCUT2D eigenvalue weighted by atomic mass is 9.99. The number of aliphatic hydroxyl groups excluding tert-OH is 2. The molecular weight excluding hydrogens is 360 g/mol. The van der Waals surface area contributed by atoms with Crippen LogP contribution >= 0.6 is 0 Å². The van der Waals surface area contributed by atoms with Gasteiger partial charge in [-0.05, 0) is 19.8 Å². The van der Waals surface area contributed by atoms with Crippen LogP contribution < -0.4 is 21.7 Å². The maximum absolute atomic E-state index is 12.3. The largest absolute Gasteiger partial charge is 0.480 e. The molecule has 27 heavy (non-hydrogen) atoms. The minimum atomic E-state index is -1.46. The number of carboxylic acid groups (broad SMARTS) is 1. The molecule has 6 unspecified atom stereocenters. The summed E-state index contributed by atoms with van der Waals surface area (Å²) in [6, 6.07) is -4.99. The first kappa shape index (κ1) is 24.8. The van der Waals surface area contributed by atoms with Crippen molar-refractivity contribution in [1.29, 1.82) is 0 Å². The summed E-state index contributed by atoms with van der Waals surface area (Å²) >= 11 is 0. The number of nitrogens with two attached hydrogens (primary N) is 1. The van der Waals surface area contributed by atoms with E-state index < -0.39 is 60.6 Å². The summed E-state index contributed by atoms with van der Waals surface area (Å²) in [7, 11) is 0. The molecule has 0 saturated heterocycles. The van der Waals surface area contributed by atoms with Gasteiger partial charge in [-0.3, -0.25) is 14.4 Å². The van der Waals surface area contributed by atoms with Gasteiger partial charge in [0.1, 0.15) is 18.1 Å². The Bertz CT molecular complexity index is 539. The summed E-state index contributed by atoms with van der Waals surface area (Å²) in [5, 5.41) is 35.0. The third-order valence-electron chi connectivity index (χ3n) is 4.07. The van der Waals surface area contributed by atoms with Gasteiger partial charge in [-0.15, -0.1) is 0 Å². The van der Waals surface area contributed by atoms with Crippen LogP contribution in [0.5, 0.6) is 0 Å². The summed E-state index contributed by atoms with van der Waals surface area (Å²) < 4.78 is 0. The number of nitrogens with one attached hydrogen (secondary N) is 3. The first-order valence-electron chi connectivity index (χ1n) is 8.64. The van der Waals surface area contributed by atoms with E-state index in [0.717, 1.165) is 0 Å². The van der Waals surface area contributed by atoms with Crippen molar-refractivity contribution in [3.05, 3.63) is 0 Å². The zero-order valence-corrected chi connectivity index (χ0v) is 15.9. The van der Waals surface area contributed by atoms with Crippen LogP contribution in [-0.2, 0) is 19.2 Å². The number of hydrogen-bond donors (Lipinski definition) is 7. The predicted molar refractivity (Wildman–Crippen MR) is 95.3 cm³/mol.